The molecule has 2 aromatic heterocycles. The SMILES string of the molecule is CCN1CC(C)C(NS(=O)(=O)c2c[nH]c3ncccc23)C1. The van der Waals surface area contributed by atoms with Gasteiger partial charge in [-0.3, -0.25) is 0 Å². The van der Waals surface area contributed by atoms with Crippen molar-refractivity contribution in [3.05, 3.63) is 24.5 Å². The van der Waals surface area contributed by atoms with Crippen LogP contribution in [0.2, 0.25) is 0 Å². The Labute approximate surface area is 124 Å². The third-order valence-electron chi connectivity index (χ3n) is 4.14. The summed E-state index contributed by atoms with van der Waals surface area (Å²) < 4.78 is 28.1. The van der Waals surface area contributed by atoms with Gasteiger partial charge in [0.25, 0.3) is 0 Å². The van der Waals surface area contributed by atoms with Gasteiger partial charge < -0.3 is 9.88 Å². The highest BCUT2D eigenvalue weighted by Gasteiger charge is 2.33. The maximum atomic E-state index is 12.6. The molecular formula is C14H20N4O2S. The van der Waals surface area contributed by atoms with Crippen molar-refractivity contribution < 1.29 is 8.42 Å². The predicted molar refractivity (Wildman–Crippen MR) is 81.5 cm³/mol. The van der Waals surface area contributed by atoms with Crippen molar-refractivity contribution in [2.75, 3.05) is 19.6 Å². The standard InChI is InChI=1S/C14H20N4O2S/c1-3-18-8-10(2)12(9-18)17-21(19,20)13-7-16-14-11(13)5-4-6-15-14/h4-7,10,12,17H,3,8-9H2,1-2H3,(H,15,16). The molecule has 2 unspecified atom stereocenters. The van der Waals surface area contributed by atoms with E-state index in [-0.39, 0.29) is 10.9 Å². The number of nitrogens with zero attached hydrogens (tertiary/aromatic N) is 2. The quantitative estimate of drug-likeness (QED) is 0.889. The first-order chi connectivity index (χ1) is 10.0. The molecule has 6 nitrogen and oxygen atoms in total. The lowest BCUT2D eigenvalue weighted by atomic mass is 10.1. The van der Waals surface area contributed by atoms with Gasteiger partial charge >= 0.3 is 0 Å². The Bertz CT molecular complexity index is 740. The number of rotatable bonds is 4. The van der Waals surface area contributed by atoms with E-state index in [2.05, 4.69) is 33.4 Å². The number of likely N-dealkylation sites (N-methyl/N-ethyl adjacent to an activating group) is 1. The van der Waals surface area contributed by atoms with Crippen molar-refractivity contribution in [1.82, 2.24) is 19.6 Å². The van der Waals surface area contributed by atoms with Crippen molar-refractivity contribution in [1.29, 1.82) is 0 Å². The van der Waals surface area contributed by atoms with E-state index in [1.54, 1.807) is 18.3 Å². The Balaban J connectivity index is 1.88. The lowest BCUT2D eigenvalue weighted by Gasteiger charge is -2.16. The zero-order chi connectivity index (χ0) is 15.0. The number of H-pyrrole nitrogens is 1. The largest absolute Gasteiger partial charge is 0.345 e. The van der Waals surface area contributed by atoms with Crippen LogP contribution in [0.4, 0.5) is 0 Å². The van der Waals surface area contributed by atoms with Gasteiger partial charge in [-0.25, -0.2) is 18.1 Å². The van der Waals surface area contributed by atoms with Gasteiger partial charge in [0.15, 0.2) is 0 Å². The summed E-state index contributed by atoms with van der Waals surface area (Å²) in [6, 6.07) is 3.47. The molecule has 114 valence electrons. The van der Waals surface area contributed by atoms with Gasteiger partial charge in [-0.15, -0.1) is 0 Å². The number of hydrogen-bond donors (Lipinski definition) is 2. The van der Waals surface area contributed by atoms with Gasteiger partial charge in [0.05, 0.1) is 0 Å². The molecule has 3 heterocycles. The van der Waals surface area contributed by atoms with Crippen molar-refractivity contribution in [2.45, 2.75) is 24.8 Å². The Kier molecular flexibility index (Phi) is 3.73. The van der Waals surface area contributed by atoms with Crippen LogP contribution in [0, 0.1) is 5.92 Å². The maximum absolute atomic E-state index is 12.6. The Morgan fingerprint density at radius 3 is 3.00 bits per heavy atom. The topological polar surface area (TPSA) is 78.1 Å². The summed E-state index contributed by atoms with van der Waals surface area (Å²) in [5.41, 5.74) is 0.590. The second-order valence-corrected chi connectivity index (χ2v) is 7.29. The van der Waals surface area contributed by atoms with Crippen LogP contribution in [0.25, 0.3) is 11.0 Å². The zero-order valence-electron chi connectivity index (χ0n) is 12.2. The minimum absolute atomic E-state index is 0.0448. The molecule has 0 aliphatic carbocycles. The fourth-order valence-electron chi connectivity index (χ4n) is 2.89. The zero-order valence-corrected chi connectivity index (χ0v) is 13.0. The monoisotopic (exact) mass is 308 g/mol. The molecule has 21 heavy (non-hydrogen) atoms. The Morgan fingerprint density at radius 2 is 2.29 bits per heavy atom. The summed E-state index contributed by atoms with van der Waals surface area (Å²) in [6.45, 7) is 6.81. The van der Waals surface area contributed by atoms with Crippen LogP contribution in [0.3, 0.4) is 0 Å². The maximum Gasteiger partial charge on any atom is 0.243 e. The first kappa shape index (κ1) is 14.5. The number of aromatic nitrogens is 2. The Morgan fingerprint density at radius 1 is 1.48 bits per heavy atom. The van der Waals surface area contributed by atoms with E-state index in [1.807, 2.05) is 0 Å². The molecule has 2 N–H and O–H groups in total. The van der Waals surface area contributed by atoms with Gasteiger partial charge in [-0.1, -0.05) is 13.8 Å². The molecule has 1 aliphatic heterocycles. The first-order valence-electron chi connectivity index (χ1n) is 7.18. The molecular weight excluding hydrogens is 288 g/mol. The fourth-order valence-corrected chi connectivity index (χ4v) is 4.40. The van der Waals surface area contributed by atoms with Crippen LogP contribution in [-0.4, -0.2) is 49.0 Å². The average molecular weight is 308 g/mol. The van der Waals surface area contributed by atoms with E-state index in [1.165, 1.54) is 6.20 Å². The highest BCUT2D eigenvalue weighted by Crippen LogP contribution is 2.23. The van der Waals surface area contributed by atoms with Crippen LogP contribution in [0.1, 0.15) is 13.8 Å². The van der Waals surface area contributed by atoms with Crippen LogP contribution in [0.5, 0.6) is 0 Å². The molecule has 1 saturated heterocycles. The first-order valence-corrected chi connectivity index (χ1v) is 8.66. The molecule has 3 rings (SSSR count). The molecule has 0 radical (unpaired) electrons. The minimum atomic E-state index is -3.54. The number of sulfonamides is 1. The highest BCUT2D eigenvalue weighted by molar-refractivity contribution is 7.89. The molecule has 2 atom stereocenters. The van der Waals surface area contributed by atoms with E-state index >= 15 is 0 Å². The molecule has 1 aliphatic rings. The van der Waals surface area contributed by atoms with Crippen LogP contribution < -0.4 is 4.72 Å². The van der Waals surface area contributed by atoms with Crippen molar-refractivity contribution in [3.63, 3.8) is 0 Å². The van der Waals surface area contributed by atoms with E-state index in [0.717, 1.165) is 19.6 Å². The number of nitrogens with one attached hydrogen (secondary N) is 2. The molecule has 0 spiro atoms. The lowest BCUT2D eigenvalue weighted by Crippen LogP contribution is -2.39. The average Bonchev–Trinajstić information content (AvgIpc) is 3.03. The van der Waals surface area contributed by atoms with Crippen LogP contribution in [0.15, 0.2) is 29.4 Å². The van der Waals surface area contributed by atoms with Crippen molar-refractivity contribution >= 4 is 21.1 Å². The van der Waals surface area contributed by atoms with E-state index in [4.69, 9.17) is 0 Å². The van der Waals surface area contributed by atoms with Gasteiger partial charge in [0, 0.05) is 36.9 Å². The molecule has 7 heteroatoms. The van der Waals surface area contributed by atoms with Gasteiger partial charge in [0.1, 0.15) is 10.5 Å². The summed E-state index contributed by atoms with van der Waals surface area (Å²) in [6.07, 6.45) is 3.15. The molecule has 2 aromatic rings. The lowest BCUT2D eigenvalue weighted by molar-refractivity contribution is 0.344. The summed E-state index contributed by atoms with van der Waals surface area (Å²) in [5, 5.41) is 0.628. The number of fused-ring (bicyclic) bond motifs is 1. The van der Waals surface area contributed by atoms with Crippen molar-refractivity contribution in [2.24, 2.45) is 5.92 Å². The van der Waals surface area contributed by atoms with Gasteiger partial charge in [-0.05, 0) is 24.6 Å². The van der Waals surface area contributed by atoms with Crippen LogP contribution >= 0.6 is 0 Å². The second kappa shape index (κ2) is 5.40. The fraction of sp³-hybridized carbons (Fsp3) is 0.500. The third kappa shape index (κ3) is 2.68. The van der Waals surface area contributed by atoms with E-state index in [0.29, 0.717) is 17.0 Å². The normalized spacial score (nSPS) is 23.9. The Hall–Kier alpha value is -1.44. The highest BCUT2D eigenvalue weighted by atomic mass is 32.2. The van der Waals surface area contributed by atoms with Gasteiger partial charge in [-0.2, -0.15) is 0 Å². The molecule has 0 amide bonds. The molecule has 0 bridgehead atoms. The number of aromatic amines is 1. The predicted octanol–water partition coefficient (Wildman–Crippen LogP) is 1.18. The van der Waals surface area contributed by atoms with Crippen LogP contribution in [-0.2, 0) is 10.0 Å². The summed E-state index contributed by atoms with van der Waals surface area (Å²) in [7, 11) is -3.54. The second-order valence-electron chi connectivity index (χ2n) is 5.61. The molecule has 0 aromatic carbocycles. The smallest absolute Gasteiger partial charge is 0.243 e. The van der Waals surface area contributed by atoms with Gasteiger partial charge in [0.2, 0.25) is 10.0 Å². The third-order valence-corrected chi connectivity index (χ3v) is 5.67. The summed E-state index contributed by atoms with van der Waals surface area (Å²) in [5.74, 6) is 0.308. The molecule has 0 saturated carbocycles. The summed E-state index contributed by atoms with van der Waals surface area (Å²) in [4.78, 5) is 9.57. The van der Waals surface area contributed by atoms with E-state index < -0.39 is 10.0 Å². The number of hydrogen-bond acceptors (Lipinski definition) is 4. The minimum Gasteiger partial charge on any atom is -0.345 e. The van der Waals surface area contributed by atoms with E-state index in [9.17, 15) is 8.42 Å². The molecule has 1 fully saturated rings. The number of pyridine rings is 1. The summed E-state index contributed by atoms with van der Waals surface area (Å²) >= 11 is 0. The number of likely N-dealkylation sites (tertiary alicyclic amines) is 1. The van der Waals surface area contributed by atoms with Crippen molar-refractivity contribution in [3.8, 4) is 0 Å².